The molecule has 1 aliphatic heterocycles. The van der Waals surface area contributed by atoms with Crippen LogP contribution in [0.15, 0.2) is 0 Å². The summed E-state index contributed by atoms with van der Waals surface area (Å²) in [6.45, 7) is 6.57. The Balaban J connectivity index is 2.22. The Kier molecular flexibility index (Phi) is 2.72. The molecule has 60 valence electrons. The quantitative estimate of drug-likeness (QED) is 0.588. The van der Waals surface area contributed by atoms with Gasteiger partial charge < -0.3 is 4.74 Å². The van der Waals surface area contributed by atoms with E-state index in [1.807, 2.05) is 0 Å². The molecule has 1 fully saturated rings. The van der Waals surface area contributed by atoms with Gasteiger partial charge in [0.05, 0.1) is 6.61 Å². The van der Waals surface area contributed by atoms with Gasteiger partial charge >= 0.3 is 0 Å². The molecule has 0 N–H and O–H groups in total. The highest BCUT2D eigenvalue weighted by atomic mass is 16.5. The third-order valence-corrected chi connectivity index (χ3v) is 2.43. The molecule has 1 nitrogen and oxygen atoms in total. The van der Waals surface area contributed by atoms with E-state index in [2.05, 4.69) is 13.8 Å². The molecule has 1 unspecified atom stereocenters. The molecule has 1 atom stereocenters. The summed E-state index contributed by atoms with van der Waals surface area (Å²) < 4.78 is 5.36. The van der Waals surface area contributed by atoms with Crippen LogP contribution in [0.2, 0.25) is 0 Å². The fraction of sp³-hybridized carbons (Fsp3) is 1.00. The molecule has 1 rings (SSSR count). The zero-order valence-corrected chi connectivity index (χ0v) is 7.15. The van der Waals surface area contributed by atoms with Crippen LogP contribution in [0.25, 0.3) is 0 Å². The van der Waals surface area contributed by atoms with Crippen molar-refractivity contribution < 1.29 is 4.74 Å². The fourth-order valence-corrected chi connectivity index (χ4v) is 1.51. The molecule has 0 bridgehead atoms. The molecule has 0 aliphatic carbocycles. The Morgan fingerprint density at radius 3 is 2.80 bits per heavy atom. The van der Waals surface area contributed by atoms with E-state index in [0.717, 1.165) is 13.2 Å². The van der Waals surface area contributed by atoms with Crippen molar-refractivity contribution in [2.75, 3.05) is 13.2 Å². The van der Waals surface area contributed by atoms with Gasteiger partial charge in [0.1, 0.15) is 0 Å². The summed E-state index contributed by atoms with van der Waals surface area (Å²) in [5.74, 6) is 0. The first-order chi connectivity index (χ1) is 4.77. The standard InChI is InChI=1S/C9H18O/c1-3-4-5-9(2)6-7-10-8-9/h3-8H2,1-2H3. The number of unbranched alkanes of at least 4 members (excludes halogenated alkanes) is 1. The molecule has 0 aromatic heterocycles. The monoisotopic (exact) mass is 142 g/mol. The SMILES string of the molecule is CCCCC1(C)CCOC1. The number of hydrogen-bond acceptors (Lipinski definition) is 1. The average Bonchev–Trinajstić information content (AvgIpc) is 2.33. The first-order valence-corrected chi connectivity index (χ1v) is 4.35. The van der Waals surface area contributed by atoms with Crippen LogP contribution in [-0.2, 0) is 4.74 Å². The van der Waals surface area contributed by atoms with Gasteiger partial charge in [0.25, 0.3) is 0 Å². The van der Waals surface area contributed by atoms with Crippen LogP contribution in [-0.4, -0.2) is 13.2 Å². The maximum Gasteiger partial charge on any atom is 0.0520 e. The second-order valence-corrected chi connectivity index (χ2v) is 3.72. The Hall–Kier alpha value is -0.0400. The molecular weight excluding hydrogens is 124 g/mol. The molecule has 0 aromatic carbocycles. The second kappa shape index (κ2) is 3.38. The van der Waals surface area contributed by atoms with E-state index in [-0.39, 0.29) is 0 Å². The highest BCUT2D eigenvalue weighted by Crippen LogP contribution is 2.32. The predicted molar refractivity (Wildman–Crippen MR) is 43.1 cm³/mol. The Labute approximate surface area is 63.8 Å². The third kappa shape index (κ3) is 1.98. The summed E-state index contributed by atoms with van der Waals surface area (Å²) >= 11 is 0. The van der Waals surface area contributed by atoms with Gasteiger partial charge in [-0.15, -0.1) is 0 Å². The molecule has 1 heterocycles. The molecule has 0 aromatic rings. The van der Waals surface area contributed by atoms with Crippen molar-refractivity contribution >= 4 is 0 Å². The minimum absolute atomic E-state index is 0.524. The van der Waals surface area contributed by atoms with Crippen molar-refractivity contribution in [3.63, 3.8) is 0 Å². The first-order valence-electron chi connectivity index (χ1n) is 4.35. The lowest BCUT2D eigenvalue weighted by atomic mass is 9.84. The van der Waals surface area contributed by atoms with Gasteiger partial charge in [0.15, 0.2) is 0 Å². The van der Waals surface area contributed by atoms with Crippen molar-refractivity contribution in [3.8, 4) is 0 Å². The maximum absolute atomic E-state index is 5.36. The highest BCUT2D eigenvalue weighted by molar-refractivity contribution is 4.77. The van der Waals surface area contributed by atoms with Crippen LogP contribution >= 0.6 is 0 Å². The number of ether oxygens (including phenoxy) is 1. The maximum atomic E-state index is 5.36. The smallest absolute Gasteiger partial charge is 0.0520 e. The summed E-state index contributed by atoms with van der Waals surface area (Å²) in [5, 5.41) is 0. The molecule has 1 aliphatic rings. The van der Waals surface area contributed by atoms with E-state index in [0.29, 0.717) is 5.41 Å². The highest BCUT2D eigenvalue weighted by Gasteiger charge is 2.28. The minimum atomic E-state index is 0.524. The van der Waals surface area contributed by atoms with Gasteiger partial charge in [0.2, 0.25) is 0 Å². The molecule has 0 amide bonds. The predicted octanol–water partition coefficient (Wildman–Crippen LogP) is 2.60. The second-order valence-electron chi connectivity index (χ2n) is 3.72. The first kappa shape index (κ1) is 8.06. The zero-order valence-electron chi connectivity index (χ0n) is 7.15. The van der Waals surface area contributed by atoms with Crippen LogP contribution in [0.1, 0.15) is 39.5 Å². The Morgan fingerprint density at radius 1 is 1.50 bits per heavy atom. The van der Waals surface area contributed by atoms with E-state index < -0.39 is 0 Å². The summed E-state index contributed by atoms with van der Waals surface area (Å²) in [4.78, 5) is 0. The van der Waals surface area contributed by atoms with E-state index in [4.69, 9.17) is 4.74 Å². The summed E-state index contributed by atoms with van der Waals surface area (Å²) in [5.41, 5.74) is 0.524. The lowest BCUT2D eigenvalue weighted by molar-refractivity contribution is 0.153. The van der Waals surface area contributed by atoms with E-state index >= 15 is 0 Å². The Morgan fingerprint density at radius 2 is 2.30 bits per heavy atom. The molecule has 10 heavy (non-hydrogen) atoms. The van der Waals surface area contributed by atoms with Crippen LogP contribution < -0.4 is 0 Å². The average molecular weight is 142 g/mol. The van der Waals surface area contributed by atoms with E-state index in [1.165, 1.54) is 25.7 Å². The van der Waals surface area contributed by atoms with Gasteiger partial charge in [-0.25, -0.2) is 0 Å². The van der Waals surface area contributed by atoms with Crippen LogP contribution in [0, 0.1) is 5.41 Å². The molecule has 0 saturated carbocycles. The summed E-state index contributed by atoms with van der Waals surface area (Å²) in [7, 11) is 0. The Bertz CT molecular complexity index is 92.9. The third-order valence-electron chi connectivity index (χ3n) is 2.43. The molecule has 0 radical (unpaired) electrons. The summed E-state index contributed by atoms with van der Waals surface area (Å²) in [6.07, 6.45) is 5.30. The summed E-state index contributed by atoms with van der Waals surface area (Å²) in [6, 6.07) is 0. The lowest BCUT2D eigenvalue weighted by Crippen LogP contribution is -2.15. The van der Waals surface area contributed by atoms with Gasteiger partial charge in [-0.05, 0) is 18.3 Å². The van der Waals surface area contributed by atoms with Gasteiger partial charge in [-0.3, -0.25) is 0 Å². The van der Waals surface area contributed by atoms with Gasteiger partial charge in [0, 0.05) is 6.61 Å². The fourth-order valence-electron chi connectivity index (χ4n) is 1.51. The van der Waals surface area contributed by atoms with Crippen molar-refractivity contribution in [1.29, 1.82) is 0 Å². The largest absolute Gasteiger partial charge is 0.381 e. The van der Waals surface area contributed by atoms with Crippen LogP contribution in [0.5, 0.6) is 0 Å². The van der Waals surface area contributed by atoms with Gasteiger partial charge in [-0.2, -0.15) is 0 Å². The molecule has 0 spiro atoms. The normalized spacial score (nSPS) is 33.0. The minimum Gasteiger partial charge on any atom is -0.381 e. The van der Waals surface area contributed by atoms with Crippen molar-refractivity contribution in [2.24, 2.45) is 5.41 Å². The molecule has 1 heteroatoms. The van der Waals surface area contributed by atoms with Crippen LogP contribution in [0.3, 0.4) is 0 Å². The molecule has 1 saturated heterocycles. The van der Waals surface area contributed by atoms with Gasteiger partial charge in [-0.1, -0.05) is 26.7 Å². The zero-order chi connectivity index (χ0) is 7.45. The van der Waals surface area contributed by atoms with E-state index in [9.17, 15) is 0 Å². The topological polar surface area (TPSA) is 9.23 Å². The lowest BCUT2D eigenvalue weighted by Gasteiger charge is -2.20. The van der Waals surface area contributed by atoms with Crippen molar-refractivity contribution in [1.82, 2.24) is 0 Å². The van der Waals surface area contributed by atoms with Crippen LogP contribution in [0.4, 0.5) is 0 Å². The molecular formula is C9H18O. The van der Waals surface area contributed by atoms with Crippen molar-refractivity contribution in [3.05, 3.63) is 0 Å². The van der Waals surface area contributed by atoms with Crippen molar-refractivity contribution in [2.45, 2.75) is 39.5 Å². The number of hydrogen-bond donors (Lipinski definition) is 0. The number of rotatable bonds is 3. The van der Waals surface area contributed by atoms with E-state index in [1.54, 1.807) is 0 Å².